The van der Waals surface area contributed by atoms with Crippen molar-refractivity contribution in [1.29, 1.82) is 0 Å². The average Bonchev–Trinajstić information content (AvgIpc) is 2.72. The molecule has 7 nitrogen and oxygen atoms in total. The zero-order valence-electron chi connectivity index (χ0n) is 16.2. The van der Waals surface area contributed by atoms with E-state index in [0.29, 0.717) is 25.9 Å². The summed E-state index contributed by atoms with van der Waals surface area (Å²) < 4.78 is 10.6. The number of carbonyl (C=O) groups excluding carboxylic acids is 2. The molecule has 148 valence electrons. The summed E-state index contributed by atoms with van der Waals surface area (Å²) in [5, 5.41) is 3.10. The van der Waals surface area contributed by atoms with Crippen LogP contribution in [0.25, 0.3) is 0 Å². The number of ether oxygens (including phenoxy) is 2. The van der Waals surface area contributed by atoms with Crippen molar-refractivity contribution in [3.63, 3.8) is 0 Å². The Morgan fingerprint density at radius 2 is 1.93 bits per heavy atom. The molecule has 2 aliphatic heterocycles. The van der Waals surface area contributed by atoms with Gasteiger partial charge in [-0.1, -0.05) is 0 Å². The Kier molecular flexibility index (Phi) is 6.55. The van der Waals surface area contributed by atoms with Crippen molar-refractivity contribution in [3.8, 4) is 11.5 Å². The maximum atomic E-state index is 12.7. The fourth-order valence-electron chi connectivity index (χ4n) is 3.86. The van der Waals surface area contributed by atoms with Gasteiger partial charge in [0.1, 0.15) is 11.5 Å². The summed E-state index contributed by atoms with van der Waals surface area (Å²) in [6.45, 7) is 3.38. The number of carbonyl (C=O) groups is 2. The van der Waals surface area contributed by atoms with Crippen molar-refractivity contribution in [2.45, 2.75) is 31.7 Å². The summed E-state index contributed by atoms with van der Waals surface area (Å²) in [5.74, 6) is 1.74. The molecule has 1 aromatic carbocycles. The number of nitrogens with one attached hydrogen (secondary N) is 1. The fourth-order valence-corrected chi connectivity index (χ4v) is 3.86. The number of piperazine rings is 1. The third-order valence-electron chi connectivity index (χ3n) is 5.35. The van der Waals surface area contributed by atoms with Crippen LogP contribution in [0.1, 0.15) is 24.8 Å². The lowest BCUT2D eigenvalue weighted by atomic mass is 10.0. The maximum Gasteiger partial charge on any atom is 0.236 e. The van der Waals surface area contributed by atoms with E-state index in [9.17, 15) is 9.59 Å². The molecule has 0 radical (unpaired) electrons. The molecule has 2 amide bonds. The highest BCUT2D eigenvalue weighted by Crippen LogP contribution is 2.24. The number of likely N-dealkylation sites (tertiary alicyclic amines) is 1. The summed E-state index contributed by atoms with van der Waals surface area (Å²) in [4.78, 5) is 28.7. The second kappa shape index (κ2) is 9.08. The van der Waals surface area contributed by atoms with Gasteiger partial charge in [-0.05, 0) is 37.0 Å². The Hall–Kier alpha value is -2.28. The second-order valence-electron chi connectivity index (χ2n) is 7.12. The van der Waals surface area contributed by atoms with Crippen molar-refractivity contribution in [3.05, 3.63) is 23.8 Å². The molecule has 2 heterocycles. The molecule has 27 heavy (non-hydrogen) atoms. The summed E-state index contributed by atoms with van der Waals surface area (Å²) in [7, 11) is 3.24. The van der Waals surface area contributed by atoms with E-state index in [0.717, 1.165) is 49.5 Å². The molecule has 2 aliphatic rings. The monoisotopic (exact) mass is 375 g/mol. The zero-order valence-corrected chi connectivity index (χ0v) is 16.2. The molecule has 1 N–H and O–H groups in total. The summed E-state index contributed by atoms with van der Waals surface area (Å²) in [6, 6.07) is 5.85. The van der Waals surface area contributed by atoms with Crippen LogP contribution in [0.3, 0.4) is 0 Å². The van der Waals surface area contributed by atoms with Gasteiger partial charge in [-0.2, -0.15) is 0 Å². The average molecular weight is 375 g/mol. The van der Waals surface area contributed by atoms with E-state index in [1.807, 2.05) is 28.0 Å². The predicted molar refractivity (Wildman–Crippen MR) is 102 cm³/mol. The van der Waals surface area contributed by atoms with Gasteiger partial charge in [-0.3, -0.25) is 9.59 Å². The van der Waals surface area contributed by atoms with Gasteiger partial charge in [-0.25, -0.2) is 0 Å². The van der Waals surface area contributed by atoms with E-state index in [2.05, 4.69) is 5.32 Å². The first-order valence-electron chi connectivity index (χ1n) is 9.60. The number of rotatable bonds is 6. The molecule has 7 heteroatoms. The van der Waals surface area contributed by atoms with Gasteiger partial charge in [0.2, 0.25) is 11.8 Å². The molecule has 0 aromatic heterocycles. The number of benzene rings is 1. The van der Waals surface area contributed by atoms with E-state index in [1.165, 1.54) is 0 Å². The van der Waals surface area contributed by atoms with Crippen LogP contribution in [0.2, 0.25) is 0 Å². The van der Waals surface area contributed by atoms with Crippen molar-refractivity contribution >= 4 is 11.8 Å². The second-order valence-corrected chi connectivity index (χ2v) is 7.12. The number of aryl methyl sites for hydroxylation is 1. The maximum absolute atomic E-state index is 12.7. The molecular formula is C20H29N3O4. The van der Waals surface area contributed by atoms with Crippen molar-refractivity contribution in [2.24, 2.45) is 0 Å². The van der Waals surface area contributed by atoms with Crippen LogP contribution in [0, 0.1) is 0 Å². The minimum atomic E-state index is 0.143. The third-order valence-corrected chi connectivity index (χ3v) is 5.35. The normalized spacial score (nSPS) is 20.5. The summed E-state index contributed by atoms with van der Waals surface area (Å²) >= 11 is 0. The quantitative estimate of drug-likeness (QED) is 0.805. The first-order chi connectivity index (χ1) is 13.1. The molecule has 0 spiro atoms. The number of hydrogen-bond donors (Lipinski definition) is 1. The van der Waals surface area contributed by atoms with Gasteiger partial charge in [0.05, 0.1) is 20.8 Å². The van der Waals surface area contributed by atoms with E-state index < -0.39 is 0 Å². The Morgan fingerprint density at radius 3 is 2.59 bits per heavy atom. The van der Waals surface area contributed by atoms with Crippen LogP contribution in [0.5, 0.6) is 11.5 Å². The molecule has 2 fully saturated rings. The number of hydrogen-bond acceptors (Lipinski definition) is 5. The third kappa shape index (κ3) is 4.91. The number of amides is 2. The summed E-state index contributed by atoms with van der Waals surface area (Å²) in [5.41, 5.74) is 1.02. The van der Waals surface area contributed by atoms with E-state index in [-0.39, 0.29) is 17.9 Å². The van der Waals surface area contributed by atoms with Gasteiger partial charge >= 0.3 is 0 Å². The number of methoxy groups -OCH3 is 2. The lowest BCUT2D eigenvalue weighted by molar-refractivity contribution is -0.140. The van der Waals surface area contributed by atoms with E-state index in [4.69, 9.17) is 9.47 Å². The molecule has 1 unspecified atom stereocenters. The largest absolute Gasteiger partial charge is 0.497 e. The van der Waals surface area contributed by atoms with Crippen LogP contribution in [0.4, 0.5) is 0 Å². The zero-order chi connectivity index (χ0) is 19.2. The first-order valence-corrected chi connectivity index (χ1v) is 9.60. The van der Waals surface area contributed by atoms with Gasteiger partial charge < -0.3 is 24.6 Å². The first kappa shape index (κ1) is 19.5. The topological polar surface area (TPSA) is 71.1 Å². The Morgan fingerprint density at radius 1 is 1.19 bits per heavy atom. The van der Waals surface area contributed by atoms with Crippen LogP contribution in [0.15, 0.2) is 18.2 Å². The van der Waals surface area contributed by atoms with Gasteiger partial charge in [0.25, 0.3) is 0 Å². The molecule has 0 aliphatic carbocycles. The molecule has 1 aromatic rings. The van der Waals surface area contributed by atoms with E-state index >= 15 is 0 Å². The highest BCUT2D eigenvalue weighted by atomic mass is 16.5. The van der Waals surface area contributed by atoms with Crippen LogP contribution >= 0.6 is 0 Å². The molecule has 0 saturated carbocycles. The minimum absolute atomic E-state index is 0.143. The van der Waals surface area contributed by atoms with E-state index in [1.54, 1.807) is 14.2 Å². The standard InChI is InChI=1S/C20H29N3O4/c1-26-17-10-15(11-18(12-17)27-2)5-6-19(24)22-8-3-4-16(14-22)23-9-7-21-13-20(23)25/h10-12,16,21H,3-9,13-14H2,1-2H3. The van der Waals surface area contributed by atoms with Gasteiger partial charge in [0.15, 0.2) is 0 Å². The molecule has 0 bridgehead atoms. The SMILES string of the molecule is COc1cc(CCC(=O)N2CCCC(N3CCNCC3=O)C2)cc(OC)c1. The van der Waals surface area contributed by atoms with Crippen molar-refractivity contribution in [2.75, 3.05) is 46.9 Å². The van der Waals surface area contributed by atoms with Gasteiger partial charge in [-0.15, -0.1) is 0 Å². The minimum Gasteiger partial charge on any atom is -0.497 e. The lowest BCUT2D eigenvalue weighted by Crippen LogP contribution is -2.57. The van der Waals surface area contributed by atoms with Gasteiger partial charge in [0, 0.05) is 44.7 Å². The molecule has 3 rings (SSSR count). The number of piperidine rings is 1. The molecule has 2 saturated heterocycles. The number of nitrogens with zero attached hydrogens (tertiary/aromatic N) is 2. The lowest BCUT2D eigenvalue weighted by Gasteiger charge is -2.41. The Bertz CT molecular complexity index is 657. The highest BCUT2D eigenvalue weighted by Gasteiger charge is 2.31. The van der Waals surface area contributed by atoms with Crippen LogP contribution in [-0.2, 0) is 16.0 Å². The summed E-state index contributed by atoms with van der Waals surface area (Å²) in [6.07, 6.45) is 3.00. The molecule has 1 atom stereocenters. The van der Waals surface area contributed by atoms with Crippen molar-refractivity contribution < 1.29 is 19.1 Å². The van der Waals surface area contributed by atoms with Crippen LogP contribution in [-0.4, -0.2) is 74.6 Å². The Balaban J connectivity index is 1.57. The van der Waals surface area contributed by atoms with Crippen molar-refractivity contribution in [1.82, 2.24) is 15.1 Å². The van der Waals surface area contributed by atoms with Crippen LogP contribution < -0.4 is 14.8 Å². The molecular weight excluding hydrogens is 346 g/mol. The smallest absolute Gasteiger partial charge is 0.236 e. The fraction of sp³-hybridized carbons (Fsp3) is 0.600. The predicted octanol–water partition coefficient (Wildman–Crippen LogP) is 1.06. The Labute approximate surface area is 160 Å². The highest BCUT2D eigenvalue weighted by molar-refractivity contribution is 5.80.